The molecule has 0 N–H and O–H groups in total. The summed E-state index contributed by atoms with van der Waals surface area (Å²) in [5.41, 5.74) is 0.535. The Kier molecular flexibility index (Phi) is 6.96. The summed E-state index contributed by atoms with van der Waals surface area (Å²) in [5, 5.41) is 2.06. The van der Waals surface area contributed by atoms with Gasteiger partial charge in [0, 0.05) is 5.56 Å². The zero-order chi connectivity index (χ0) is 17.2. The van der Waals surface area contributed by atoms with Crippen LogP contribution < -0.4 is 0 Å². The SMILES string of the molecule is CC=CCCC=CCOC(=O)CC(=O)c1ccc2ccccc2c1. The molecule has 0 spiro atoms. The van der Waals surface area contributed by atoms with Crippen LogP contribution in [0, 0.1) is 0 Å². The van der Waals surface area contributed by atoms with Gasteiger partial charge in [0.25, 0.3) is 0 Å². The summed E-state index contributed by atoms with van der Waals surface area (Å²) in [6, 6.07) is 13.3. The number of carbonyl (C=O) groups excluding carboxylic acids is 2. The smallest absolute Gasteiger partial charge is 0.314 e. The number of allylic oxidation sites excluding steroid dienone is 3. The maximum absolute atomic E-state index is 12.2. The van der Waals surface area contributed by atoms with E-state index in [0.29, 0.717) is 5.56 Å². The summed E-state index contributed by atoms with van der Waals surface area (Å²) < 4.78 is 5.06. The molecule has 0 heterocycles. The number of carbonyl (C=O) groups is 2. The Balaban J connectivity index is 1.81. The molecule has 124 valence electrons. The fourth-order valence-corrected chi connectivity index (χ4v) is 2.33. The number of hydrogen-bond acceptors (Lipinski definition) is 3. The average molecular weight is 322 g/mol. The molecule has 0 bridgehead atoms. The van der Waals surface area contributed by atoms with Crippen LogP contribution >= 0.6 is 0 Å². The van der Waals surface area contributed by atoms with E-state index >= 15 is 0 Å². The van der Waals surface area contributed by atoms with Crippen LogP contribution in [0.2, 0.25) is 0 Å². The normalized spacial score (nSPS) is 11.4. The van der Waals surface area contributed by atoms with Gasteiger partial charge in [0.15, 0.2) is 5.78 Å². The van der Waals surface area contributed by atoms with Crippen LogP contribution in [0.25, 0.3) is 10.8 Å². The number of esters is 1. The highest BCUT2D eigenvalue weighted by atomic mass is 16.5. The minimum absolute atomic E-state index is 0.208. The molecule has 0 fully saturated rings. The number of rotatable bonds is 8. The van der Waals surface area contributed by atoms with Gasteiger partial charge in [-0.1, -0.05) is 60.7 Å². The summed E-state index contributed by atoms with van der Waals surface area (Å²) in [5.74, 6) is -0.714. The van der Waals surface area contributed by atoms with Gasteiger partial charge in [-0.15, -0.1) is 0 Å². The summed E-state index contributed by atoms with van der Waals surface area (Å²) in [6.07, 6.45) is 9.52. The van der Waals surface area contributed by atoms with Gasteiger partial charge in [-0.05, 0) is 36.6 Å². The monoisotopic (exact) mass is 322 g/mol. The lowest BCUT2D eigenvalue weighted by molar-refractivity contribution is -0.141. The standard InChI is InChI=1S/C21H22O3/c1-2-3-4-5-6-9-14-24-21(23)16-20(22)19-13-12-17-10-7-8-11-18(17)15-19/h2-3,6-13,15H,4-5,14,16H2,1H3. The third kappa shape index (κ3) is 5.51. The van der Waals surface area contributed by atoms with E-state index in [9.17, 15) is 9.59 Å². The molecule has 0 aliphatic heterocycles. The lowest BCUT2D eigenvalue weighted by Gasteiger charge is -2.04. The molecule has 0 aliphatic rings. The highest BCUT2D eigenvalue weighted by molar-refractivity contribution is 6.07. The van der Waals surface area contributed by atoms with Crippen LogP contribution in [-0.4, -0.2) is 18.4 Å². The lowest BCUT2D eigenvalue weighted by atomic mass is 10.0. The molecule has 0 saturated heterocycles. The number of ether oxygens (including phenoxy) is 1. The lowest BCUT2D eigenvalue weighted by Crippen LogP contribution is -2.11. The molecule has 3 nitrogen and oxygen atoms in total. The van der Waals surface area contributed by atoms with Crippen molar-refractivity contribution in [1.29, 1.82) is 0 Å². The van der Waals surface area contributed by atoms with Gasteiger partial charge in [0.1, 0.15) is 13.0 Å². The Morgan fingerprint density at radius 3 is 2.50 bits per heavy atom. The van der Waals surface area contributed by atoms with Crippen LogP contribution in [0.3, 0.4) is 0 Å². The largest absolute Gasteiger partial charge is 0.461 e. The Hall–Kier alpha value is -2.68. The molecule has 3 heteroatoms. The number of benzene rings is 2. The van der Waals surface area contributed by atoms with Crippen LogP contribution in [0.1, 0.15) is 36.5 Å². The van der Waals surface area contributed by atoms with E-state index in [1.165, 1.54) is 0 Å². The van der Waals surface area contributed by atoms with Gasteiger partial charge in [0.2, 0.25) is 0 Å². The van der Waals surface area contributed by atoms with E-state index in [-0.39, 0.29) is 18.8 Å². The molecule has 0 aliphatic carbocycles. The van der Waals surface area contributed by atoms with E-state index in [0.717, 1.165) is 23.6 Å². The van der Waals surface area contributed by atoms with Crippen LogP contribution in [0.5, 0.6) is 0 Å². The third-order valence-electron chi connectivity index (χ3n) is 3.62. The van der Waals surface area contributed by atoms with E-state index in [4.69, 9.17) is 4.74 Å². The van der Waals surface area contributed by atoms with Crippen molar-refractivity contribution in [3.05, 3.63) is 72.3 Å². The molecule has 0 atom stereocenters. The number of Topliss-reactive ketones (excluding diaryl/α,β-unsaturated/α-hetero) is 1. The second-order valence-corrected chi connectivity index (χ2v) is 5.46. The van der Waals surface area contributed by atoms with Crippen molar-refractivity contribution >= 4 is 22.5 Å². The number of hydrogen-bond donors (Lipinski definition) is 0. The quantitative estimate of drug-likeness (QED) is 0.229. The summed E-state index contributed by atoms with van der Waals surface area (Å²) in [4.78, 5) is 23.9. The minimum Gasteiger partial charge on any atom is -0.461 e. The van der Waals surface area contributed by atoms with Gasteiger partial charge < -0.3 is 4.74 Å². The van der Waals surface area contributed by atoms with Gasteiger partial charge >= 0.3 is 5.97 Å². The van der Waals surface area contributed by atoms with Crippen molar-refractivity contribution in [2.24, 2.45) is 0 Å². The zero-order valence-corrected chi connectivity index (χ0v) is 13.9. The first kappa shape index (κ1) is 17.7. The zero-order valence-electron chi connectivity index (χ0n) is 13.9. The predicted octanol–water partition coefficient (Wildman–Crippen LogP) is 4.87. The maximum atomic E-state index is 12.2. The molecule has 0 saturated carbocycles. The second-order valence-electron chi connectivity index (χ2n) is 5.46. The van der Waals surface area contributed by atoms with E-state index in [1.807, 2.05) is 61.5 Å². The van der Waals surface area contributed by atoms with Crippen molar-refractivity contribution in [1.82, 2.24) is 0 Å². The molecule has 2 rings (SSSR count). The molecule has 2 aromatic carbocycles. The van der Waals surface area contributed by atoms with Crippen molar-refractivity contribution in [2.75, 3.05) is 6.61 Å². The van der Waals surface area contributed by atoms with Crippen molar-refractivity contribution in [3.63, 3.8) is 0 Å². The number of unbranched alkanes of at least 4 members (excludes halogenated alkanes) is 1. The molecule has 0 amide bonds. The Morgan fingerprint density at radius 2 is 1.71 bits per heavy atom. The minimum atomic E-state index is -0.494. The molecule has 24 heavy (non-hydrogen) atoms. The van der Waals surface area contributed by atoms with Crippen molar-refractivity contribution in [3.8, 4) is 0 Å². The number of fused-ring (bicyclic) bond motifs is 1. The highest BCUT2D eigenvalue weighted by Gasteiger charge is 2.13. The fourth-order valence-electron chi connectivity index (χ4n) is 2.33. The summed E-state index contributed by atoms with van der Waals surface area (Å²) in [6.45, 7) is 2.19. The van der Waals surface area contributed by atoms with Gasteiger partial charge in [0.05, 0.1) is 0 Å². The van der Waals surface area contributed by atoms with Gasteiger partial charge in [-0.3, -0.25) is 9.59 Å². The van der Waals surface area contributed by atoms with E-state index in [1.54, 1.807) is 6.07 Å². The first-order chi connectivity index (χ1) is 11.7. The van der Waals surface area contributed by atoms with Gasteiger partial charge in [-0.2, -0.15) is 0 Å². The average Bonchev–Trinajstić information content (AvgIpc) is 2.60. The van der Waals surface area contributed by atoms with Crippen LogP contribution in [0.15, 0.2) is 66.8 Å². The van der Waals surface area contributed by atoms with Gasteiger partial charge in [-0.25, -0.2) is 0 Å². The molecule has 2 aromatic rings. The molecule has 0 aromatic heterocycles. The third-order valence-corrected chi connectivity index (χ3v) is 3.62. The summed E-state index contributed by atoms with van der Waals surface area (Å²) >= 11 is 0. The first-order valence-electron chi connectivity index (χ1n) is 8.14. The summed E-state index contributed by atoms with van der Waals surface area (Å²) in [7, 11) is 0. The Morgan fingerprint density at radius 1 is 0.958 bits per heavy atom. The first-order valence-corrected chi connectivity index (χ1v) is 8.14. The second kappa shape index (κ2) is 9.46. The van der Waals surface area contributed by atoms with Crippen LogP contribution in [0.4, 0.5) is 0 Å². The molecular formula is C21H22O3. The highest BCUT2D eigenvalue weighted by Crippen LogP contribution is 2.16. The van der Waals surface area contributed by atoms with E-state index in [2.05, 4.69) is 6.08 Å². The Labute approximate surface area is 142 Å². The van der Waals surface area contributed by atoms with Crippen LogP contribution in [-0.2, 0) is 9.53 Å². The molecule has 0 radical (unpaired) electrons. The van der Waals surface area contributed by atoms with E-state index < -0.39 is 5.97 Å². The fraction of sp³-hybridized carbons (Fsp3) is 0.238. The maximum Gasteiger partial charge on any atom is 0.314 e. The van der Waals surface area contributed by atoms with Crippen molar-refractivity contribution in [2.45, 2.75) is 26.2 Å². The molecule has 0 unspecified atom stereocenters. The van der Waals surface area contributed by atoms with Crippen molar-refractivity contribution < 1.29 is 14.3 Å². The Bertz CT molecular complexity index is 757. The predicted molar refractivity (Wildman–Crippen MR) is 97.0 cm³/mol. The number of ketones is 1. The topological polar surface area (TPSA) is 43.4 Å². The molecular weight excluding hydrogens is 300 g/mol.